The molecular formula is C5H13O5P. The van der Waals surface area contributed by atoms with Gasteiger partial charge in [0.25, 0.3) is 0 Å². The van der Waals surface area contributed by atoms with E-state index in [1.165, 1.54) is 21.1 Å². The van der Waals surface area contributed by atoms with E-state index in [4.69, 9.17) is 9.79 Å². The maximum absolute atomic E-state index is 10.6. The third-order valence-electron chi connectivity index (χ3n) is 1.39. The first-order chi connectivity index (χ1) is 4.93. The molecule has 0 spiro atoms. The van der Waals surface area contributed by atoms with Gasteiger partial charge in [-0.25, -0.2) is 0 Å². The van der Waals surface area contributed by atoms with Crippen LogP contribution in [0.1, 0.15) is 6.92 Å². The summed E-state index contributed by atoms with van der Waals surface area (Å²) in [6.45, 7) is 1.37. The summed E-state index contributed by atoms with van der Waals surface area (Å²) >= 11 is 0. The van der Waals surface area contributed by atoms with Crippen LogP contribution in [0.4, 0.5) is 0 Å². The third kappa shape index (κ3) is 3.31. The molecule has 0 aromatic carbocycles. The lowest BCUT2D eigenvalue weighted by atomic mass is 10.5. The average molecular weight is 184 g/mol. The topological polar surface area (TPSA) is 76.0 Å². The number of hydrogen-bond acceptors (Lipinski definition) is 3. The van der Waals surface area contributed by atoms with E-state index in [1.54, 1.807) is 0 Å². The van der Waals surface area contributed by atoms with Crippen LogP contribution in [0.3, 0.4) is 0 Å². The van der Waals surface area contributed by atoms with Gasteiger partial charge in [-0.05, 0) is 6.92 Å². The molecule has 0 fully saturated rings. The molecule has 1 unspecified atom stereocenters. The Morgan fingerprint density at radius 2 is 1.64 bits per heavy atom. The highest BCUT2D eigenvalue weighted by atomic mass is 31.2. The summed E-state index contributed by atoms with van der Waals surface area (Å²) in [5.41, 5.74) is -0.933. The molecule has 0 aliphatic rings. The maximum atomic E-state index is 10.6. The van der Waals surface area contributed by atoms with Gasteiger partial charge in [0.1, 0.15) is 5.66 Å². The zero-order chi connectivity index (χ0) is 9.07. The fourth-order valence-electron chi connectivity index (χ4n) is 0.649. The summed E-state index contributed by atoms with van der Waals surface area (Å²) < 4.78 is 20.0. The van der Waals surface area contributed by atoms with E-state index in [0.29, 0.717) is 0 Å². The van der Waals surface area contributed by atoms with E-state index in [-0.39, 0.29) is 0 Å². The van der Waals surface area contributed by atoms with E-state index in [0.717, 1.165) is 0 Å². The molecule has 2 N–H and O–H groups in total. The van der Waals surface area contributed by atoms with E-state index in [1.807, 2.05) is 0 Å². The van der Waals surface area contributed by atoms with Crippen LogP contribution in [0.15, 0.2) is 0 Å². The number of hydrogen-bond donors (Lipinski definition) is 2. The molecule has 0 rings (SSSR count). The summed E-state index contributed by atoms with van der Waals surface area (Å²) in [5, 5.41) is 0. The van der Waals surface area contributed by atoms with Crippen LogP contribution in [0, 0.1) is 0 Å². The standard InChI is InChI=1S/C5H13O5P/c1-4(11(6,7)8)5(9-2)10-3/h4-5H,1-3H3,(H2,6,7,8). The van der Waals surface area contributed by atoms with Crippen molar-refractivity contribution in [3.8, 4) is 0 Å². The van der Waals surface area contributed by atoms with Gasteiger partial charge in [0.15, 0.2) is 6.29 Å². The Labute approximate surface area is 65.5 Å². The Morgan fingerprint density at radius 3 is 1.73 bits per heavy atom. The Morgan fingerprint density at radius 1 is 1.27 bits per heavy atom. The van der Waals surface area contributed by atoms with Gasteiger partial charge in [-0.1, -0.05) is 0 Å². The normalized spacial score (nSPS) is 15.5. The minimum atomic E-state index is -4.10. The summed E-state index contributed by atoms with van der Waals surface area (Å²) in [4.78, 5) is 17.3. The molecule has 0 saturated heterocycles. The first kappa shape index (κ1) is 11.1. The molecule has 0 bridgehead atoms. The molecule has 0 aromatic heterocycles. The molecule has 0 saturated carbocycles. The van der Waals surface area contributed by atoms with Crippen LogP contribution >= 0.6 is 7.60 Å². The van der Waals surface area contributed by atoms with Gasteiger partial charge < -0.3 is 19.3 Å². The average Bonchev–Trinajstić information content (AvgIpc) is 1.88. The van der Waals surface area contributed by atoms with Gasteiger partial charge in [0.2, 0.25) is 0 Å². The number of ether oxygens (including phenoxy) is 2. The van der Waals surface area contributed by atoms with Crippen LogP contribution in [0.2, 0.25) is 0 Å². The fraction of sp³-hybridized carbons (Fsp3) is 1.00. The molecule has 0 amide bonds. The molecule has 0 aliphatic heterocycles. The second-order valence-corrected chi connectivity index (χ2v) is 4.16. The van der Waals surface area contributed by atoms with Crippen molar-refractivity contribution < 1.29 is 23.8 Å². The van der Waals surface area contributed by atoms with Gasteiger partial charge in [0.05, 0.1) is 0 Å². The van der Waals surface area contributed by atoms with Crippen LogP contribution in [-0.4, -0.2) is 36.0 Å². The minimum Gasteiger partial charge on any atom is -0.355 e. The molecule has 11 heavy (non-hydrogen) atoms. The van der Waals surface area contributed by atoms with E-state index >= 15 is 0 Å². The first-order valence-corrected chi connectivity index (χ1v) is 4.72. The summed E-state index contributed by atoms with van der Waals surface area (Å²) in [6.07, 6.45) is -0.851. The van der Waals surface area contributed by atoms with Crippen molar-refractivity contribution in [1.82, 2.24) is 0 Å². The van der Waals surface area contributed by atoms with Crippen molar-refractivity contribution in [3.05, 3.63) is 0 Å². The predicted octanol–water partition coefficient (Wildman–Crippen LogP) is 0.171. The van der Waals surface area contributed by atoms with Crippen molar-refractivity contribution in [2.75, 3.05) is 14.2 Å². The van der Waals surface area contributed by atoms with Crippen molar-refractivity contribution in [2.24, 2.45) is 0 Å². The third-order valence-corrected chi connectivity index (χ3v) is 2.69. The molecule has 1 atom stereocenters. The van der Waals surface area contributed by atoms with Gasteiger partial charge in [0, 0.05) is 14.2 Å². The highest BCUT2D eigenvalue weighted by Crippen LogP contribution is 2.43. The largest absolute Gasteiger partial charge is 0.355 e. The van der Waals surface area contributed by atoms with Crippen LogP contribution < -0.4 is 0 Å². The Bertz CT molecular complexity index is 149. The van der Waals surface area contributed by atoms with Crippen LogP contribution in [0.25, 0.3) is 0 Å². The number of rotatable bonds is 4. The van der Waals surface area contributed by atoms with Crippen LogP contribution in [-0.2, 0) is 14.0 Å². The highest BCUT2D eigenvalue weighted by molar-refractivity contribution is 7.52. The first-order valence-electron chi connectivity index (χ1n) is 3.04. The second-order valence-electron chi connectivity index (χ2n) is 2.17. The maximum Gasteiger partial charge on any atom is 0.333 e. The van der Waals surface area contributed by atoms with Gasteiger partial charge >= 0.3 is 7.60 Å². The highest BCUT2D eigenvalue weighted by Gasteiger charge is 2.32. The molecule has 68 valence electrons. The monoisotopic (exact) mass is 184 g/mol. The predicted molar refractivity (Wildman–Crippen MR) is 39.3 cm³/mol. The molecule has 0 aromatic rings. The number of methoxy groups -OCH3 is 2. The van der Waals surface area contributed by atoms with Gasteiger partial charge in [-0.15, -0.1) is 0 Å². The van der Waals surface area contributed by atoms with Gasteiger partial charge in [-0.2, -0.15) is 0 Å². The molecule has 0 heterocycles. The fourth-order valence-corrected chi connectivity index (χ4v) is 1.21. The molecule has 5 nitrogen and oxygen atoms in total. The van der Waals surface area contributed by atoms with Crippen LogP contribution in [0.5, 0.6) is 0 Å². The van der Waals surface area contributed by atoms with E-state index < -0.39 is 19.5 Å². The molecule has 0 aliphatic carbocycles. The van der Waals surface area contributed by atoms with Crippen molar-refractivity contribution >= 4 is 7.60 Å². The van der Waals surface area contributed by atoms with E-state index in [9.17, 15) is 4.57 Å². The zero-order valence-electron chi connectivity index (χ0n) is 6.72. The minimum absolute atomic E-state index is 0.851. The quantitative estimate of drug-likeness (QED) is 0.481. The lowest BCUT2D eigenvalue weighted by molar-refractivity contribution is -0.103. The van der Waals surface area contributed by atoms with E-state index in [2.05, 4.69) is 9.47 Å². The van der Waals surface area contributed by atoms with Crippen molar-refractivity contribution in [2.45, 2.75) is 18.9 Å². The Kier molecular flexibility index (Phi) is 4.21. The zero-order valence-corrected chi connectivity index (χ0v) is 7.62. The lowest BCUT2D eigenvalue weighted by Gasteiger charge is -2.21. The SMILES string of the molecule is COC(OC)C(C)P(=O)(O)O. The summed E-state index contributed by atoms with van der Waals surface area (Å²) in [7, 11) is -1.43. The van der Waals surface area contributed by atoms with Gasteiger partial charge in [-0.3, -0.25) is 4.57 Å². The Hall–Kier alpha value is 0.0700. The lowest BCUT2D eigenvalue weighted by Crippen LogP contribution is -2.27. The molecule has 6 heteroatoms. The second kappa shape index (κ2) is 4.18. The van der Waals surface area contributed by atoms with Crippen molar-refractivity contribution in [3.63, 3.8) is 0 Å². The molecular weight excluding hydrogens is 171 g/mol. The van der Waals surface area contributed by atoms with Crippen molar-refractivity contribution in [1.29, 1.82) is 0 Å². The summed E-state index contributed by atoms with van der Waals surface area (Å²) in [6, 6.07) is 0. The summed E-state index contributed by atoms with van der Waals surface area (Å²) in [5.74, 6) is 0. The Balaban J connectivity index is 4.21. The molecule has 0 radical (unpaired) electrons. The smallest absolute Gasteiger partial charge is 0.333 e.